The molecular weight excluding hydrogens is 370 g/mol. The second-order valence-electron chi connectivity index (χ2n) is 7.62. The SMILES string of the molecule is Cc1nc(C(=O)N2CCN(C(=O)c3ccco3)CC2)cc(N2CCCCCC2)n1. The van der Waals surface area contributed by atoms with Crippen molar-refractivity contribution in [3.63, 3.8) is 0 Å². The molecule has 2 fully saturated rings. The Morgan fingerprint density at radius 3 is 2.17 bits per heavy atom. The predicted molar refractivity (Wildman–Crippen MR) is 108 cm³/mol. The average Bonchev–Trinajstić information content (AvgIpc) is 3.14. The van der Waals surface area contributed by atoms with Gasteiger partial charge in [0.05, 0.1) is 6.26 Å². The van der Waals surface area contributed by atoms with Gasteiger partial charge in [0.25, 0.3) is 11.8 Å². The molecule has 4 heterocycles. The zero-order valence-electron chi connectivity index (χ0n) is 16.8. The molecule has 4 rings (SSSR count). The van der Waals surface area contributed by atoms with Crippen LogP contribution >= 0.6 is 0 Å². The summed E-state index contributed by atoms with van der Waals surface area (Å²) in [4.78, 5) is 40.2. The summed E-state index contributed by atoms with van der Waals surface area (Å²) in [7, 11) is 0. The Balaban J connectivity index is 1.42. The molecule has 2 aromatic rings. The van der Waals surface area contributed by atoms with E-state index in [4.69, 9.17) is 4.42 Å². The zero-order chi connectivity index (χ0) is 20.2. The van der Waals surface area contributed by atoms with Crippen LogP contribution in [-0.4, -0.2) is 70.9 Å². The highest BCUT2D eigenvalue weighted by Crippen LogP contribution is 2.20. The Labute approximate surface area is 170 Å². The summed E-state index contributed by atoms with van der Waals surface area (Å²) < 4.78 is 5.19. The number of hydrogen-bond acceptors (Lipinski definition) is 6. The molecule has 0 aromatic carbocycles. The molecule has 2 aliphatic heterocycles. The van der Waals surface area contributed by atoms with E-state index in [1.54, 1.807) is 21.9 Å². The minimum atomic E-state index is -0.136. The summed E-state index contributed by atoms with van der Waals surface area (Å²) in [5.41, 5.74) is 0.433. The Bertz CT molecular complexity index is 851. The number of carbonyl (C=O) groups is 2. The fourth-order valence-electron chi connectivity index (χ4n) is 3.95. The first-order valence-electron chi connectivity index (χ1n) is 10.3. The maximum atomic E-state index is 13.1. The minimum absolute atomic E-state index is 0.100. The highest BCUT2D eigenvalue weighted by Gasteiger charge is 2.28. The van der Waals surface area contributed by atoms with Gasteiger partial charge >= 0.3 is 0 Å². The van der Waals surface area contributed by atoms with E-state index in [0.29, 0.717) is 43.5 Å². The van der Waals surface area contributed by atoms with Gasteiger partial charge in [-0.2, -0.15) is 0 Å². The van der Waals surface area contributed by atoms with E-state index in [9.17, 15) is 9.59 Å². The second-order valence-corrected chi connectivity index (χ2v) is 7.62. The van der Waals surface area contributed by atoms with E-state index in [0.717, 1.165) is 31.7 Å². The largest absolute Gasteiger partial charge is 0.459 e. The first kappa shape index (κ1) is 19.4. The lowest BCUT2D eigenvalue weighted by Gasteiger charge is -2.34. The lowest BCUT2D eigenvalue weighted by atomic mass is 10.2. The molecule has 0 unspecified atom stereocenters. The molecule has 2 aromatic heterocycles. The monoisotopic (exact) mass is 397 g/mol. The van der Waals surface area contributed by atoms with Crippen LogP contribution in [0.2, 0.25) is 0 Å². The fourth-order valence-corrected chi connectivity index (χ4v) is 3.95. The van der Waals surface area contributed by atoms with Gasteiger partial charge in [-0.3, -0.25) is 9.59 Å². The smallest absolute Gasteiger partial charge is 0.289 e. The molecule has 154 valence electrons. The van der Waals surface area contributed by atoms with Crippen LogP contribution in [0.3, 0.4) is 0 Å². The van der Waals surface area contributed by atoms with Crippen molar-refractivity contribution in [2.75, 3.05) is 44.2 Å². The van der Waals surface area contributed by atoms with Crippen molar-refractivity contribution in [1.29, 1.82) is 0 Å². The van der Waals surface area contributed by atoms with Gasteiger partial charge in [-0.15, -0.1) is 0 Å². The van der Waals surface area contributed by atoms with Crippen LogP contribution in [0.4, 0.5) is 5.82 Å². The maximum absolute atomic E-state index is 13.1. The number of hydrogen-bond donors (Lipinski definition) is 0. The fraction of sp³-hybridized carbons (Fsp3) is 0.524. The van der Waals surface area contributed by atoms with Crippen LogP contribution in [0.25, 0.3) is 0 Å². The molecule has 29 heavy (non-hydrogen) atoms. The number of amides is 2. The van der Waals surface area contributed by atoms with Gasteiger partial charge in [0.1, 0.15) is 17.3 Å². The third kappa shape index (κ3) is 4.41. The first-order chi connectivity index (χ1) is 14.1. The molecule has 0 bridgehead atoms. The van der Waals surface area contributed by atoms with Gasteiger partial charge in [-0.1, -0.05) is 12.8 Å². The summed E-state index contributed by atoms with van der Waals surface area (Å²) in [5.74, 6) is 1.55. The molecule has 0 aliphatic carbocycles. The van der Waals surface area contributed by atoms with Gasteiger partial charge in [0.2, 0.25) is 0 Å². The van der Waals surface area contributed by atoms with E-state index in [1.165, 1.54) is 19.1 Å². The van der Waals surface area contributed by atoms with Crippen molar-refractivity contribution in [3.8, 4) is 0 Å². The quantitative estimate of drug-likeness (QED) is 0.791. The molecule has 2 aliphatic rings. The lowest BCUT2D eigenvalue weighted by molar-refractivity contribution is 0.0515. The van der Waals surface area contributed by atoms with Crippen molar-refractivity contribution in [1.82, 2.24) is 19.8 Å². The number of aromatic nitrogens is 2. The van der Waals surface area contributed by atoms with Crippen molar-refractivity contribution in [3.05, 3.63) is 41.7 Å². The van der Waals surface area contributed by atoms with Crippen LogP contribution in [-0.2, 0) is 0 Å². The van der Waals surface area contributed by atoms with Crippen molar-refractivity contribution >= 4 is 17.6 Å². The number of rotatable bonds is 3. The van der Waals surface area contributed by atoms with Crippen LogP contribution in [0, 0.1) is 6.92 Å². The molecule has 0 radical (unpaired) electrons. The van der Waals surface area contributed by atoms with Crippen LogP contribution in [0.15, 0.2) is 28.9 Å². The highest BCUT2D eigenvalue weighted by molar-refractivity contribution is 5.94. The molecule has 0 spiro atoms. The Hall–Kier alpha value is -2.90. The Kier molecular flexibility index (Phi) is 5.78. The molecule has 0 N–H and O–H groups in total. The van der Waals surface area contributed by atoms with Crippen molar-refractivity contribution in [2.45, 2.75) is 32.6 Å². The lowest BCUT2D eigenvalue weighted by Crippen LogP contribution is -2.50. The molecule has 0 saturated carbocycles. The highest BCUT2D eigenvalue weighted by atomic mass is 16.3. The predicted octanol–water partition coefficient (Wildman–Crippen LogP) is 2.36. The first-order valence-corrected chi connectivity index (χ1v) is 10.3. The Morgan fingerprint density at radius 1 is 0.897 bits per heavy atom. The van der Waals surface area contributed by atoms with Crippen molar-refractivity contribution in [2.24, 2.45) is 0 Å². The van der Waals surface area contributed by atoms with Gasteiger partial charge in [0.15, 0.2) is 5.76 Å². The topological polar surface area (TPSA) is 82.8 Å². The molecule has 8 heteroatoms. The van der Waals surface area contributed by atoms with E-state index >= 15 is 0 Å². The van der Waals surface area contributed by atoms with Gasteiger partial charge in [0, 0.05) is 45.3 Å². The van der Waals surface area contributed by atoms with E-state index in [1.807, 2.05) is 13.0 Å². The summed E-state index contributed by atoms with van der Waals surface area (Å²) in [6.07, 6.45) is 6.28. The zero-order valence-corrected chi connectivity index (χ0v) is 16.8. The normalized spacial score (nSPS) is 17.9. The Morgan fingerprint density at radius 2 is 1.55 bits per heavy atom. The third-order valence-corrected chi connectivity index (χ3v) is 5.56. The third-order valence-electron chi connectivity index (χ3n) is 5.56. The standard InChI is InChI=1S/C21H27N5O3/c1-16-22-17(15-19(23-16)24-8-4-2-3-5-9-24)20(27)25-10-12-26(13-11-25)21(28)18-7-6-14-29-18/h6-7,14-15H,2-5,8-13H2,1H3. The second kappa shape index (κ2) is 8.63. The van der Waals surface area contributed by atoms with E-state index < -0.39 is 0 Å². The number of aryl methyl sites for hydroxylation is 1. The number of anilines is 1. The molecule has 0 atom stereocenters. The van der Waals surface area contributed by atoms with Gasteiger partial charge in [-0.25, -0.2) is 9.97 Å². The summed E-state index contributed by atoms with van der Waals surface area (Å²) in [5, 5.41) is 0. The molecular formula is C21H27N5O3. The van der Waals surface area contributed by atoms with Gasteiger partial charge in [-0.05, 0) is 31.9 Å². The minimum Gasteiger partial charge on any atom is -0.459 e. The number of piperazine rings is 1. The molecule has 8 nitrogen and oxygen atoms in total. The van der Waals surface area contributed by atoms with Crippen LogP contribution in [0.1, 0.15) is 52.6 Å². The van der Waals surface area contributed by atoms with Gasteiger partial charge < -0.3 is 19.1 Å². The summed E-state index contributed by atoms with van der Waals surface area (Å²) >= 11 is 0. The van der Waals surface area contributed by atoms with Crippen LogP contribution in [0.5, 0.6) is 0 Å². The maximum Gasteiger partial charge on any atom is 0.289 e. The van der Waals surface area contributed by atoms with Crippen LogP contribution < -0.4 is 4.90 Å². The summed E-state index contributed by atoms with van der Waals surface area (Å²) in [6, 6.07) is 5.18. The van der Waals surface area contributed by atoms with E-state index in [2.05, 4.69) is 14.9 Å². The number of carbonyl (C=O) groups excluding carboxylic acids is 2. The molecule has 2 amide bonds. The molecule has 2 saturated heterocycles. The van der Waals surface area contributed by atoms with Crippen molar-refractivity contribution < 1.29 is 14.0 Å². The number of nitrogens with zero attached hydrogens (tertiary/aromatic N) is 5. The summed E-state index contributed by atoms with van der Waals surface area (Å²) in [6.45, 7) is 5.69. The number of furan rings is 1. The van der Waals surface area contributed by atoms with E-state index in [-0.39, 0.29) is 11.8 Å². The average molecular weight is 397 g/mol.